The second kappa shape index (κ2) is 12.8. The number of carboxylic acid groups (broad SMARTS) is 1. The van der Waals surface area contributed by atoms with Gasteiger partial charge in [0.05, 0.1) is 0 Å². The van der Waals surface area contributed by atoms with Crippen LogP contribution in [0.25, 0.3) is 0 Å². The van der Waals surface area contributed by atoms with Crippen LogP contribution in [0.3, 0.4) is 0 Å². The standard InChI is InChI=1S/C26H25N3O3.C2HF3O2/c27-16-17-6-4-10-20(14-17)25(31)29-24(18-7-2-1-3-8-18)26(32)28-21-12-13-22-19(15-21)9-5-11-23(22)30;3-2(4,5)1(6)7/h1-4,6-8,10,12-15,24H,5,9,11,16,27H2,(H,28,32)(H,29,31);(H,6,7). The second-order valence-electron chi connectivity index (χ2n) is 8.66. The van der Waals surface area contributed by atoms with Crippen molar-refractivity contribution in [3.8, 4) is 0 Å². The molecule has 2 amide bonds. The number of halogens is 3. The number of carbonyl (C=O) groups excluding carboxylic acids is 3. The van der Waals surface area contributed by atoms with Gasteiger partial charge in [0.15, 0.2) is 5.78 Å². The van der Waals surface area contributed by atoms with E-state index in [2.05, 4.69) is 10.6 Å². The Morgan fingerprint density at radius 3 is 2.28 bits per heavy atom. The number of fused-ring (bicyclic) bond motifs is 1. The predicted octanol–water partition coefficient (Wildman–Crippen LogP) is 4.41. The van der Waals surface area contributed by atoms with Crippen LogP contribution in [0.4, 0.5) is 18.9 Å². The summed E-state index contributed by atoms with van der Waals surface area (Å²) in [5, 5.41) is 12.9. The summed E-state index contributed by atoms with van der Waals surface area (Å²) >= 11 is 0. The van der Waals surface area contributed by atoms with Crippen molar-refractivity contribution in [2.24, 2.45) is 5.73 Å². The van der Waals surface area contributed by atoms with Gasteiger partial charge in [-0.15, -0.1) is 0 Å². The van der Waals surface area contributed by atoms with Gasteiger partial charge in [0.25, 0.3) is 11.8 Å². The molecule has 0 saturated heterocycles. The lowest BCUT2D eigenvalue weighted by atomic mass is 9.90. The number of carbonyl (C=O) groups is 4. The molecule has 0 fully saturated rings. The van der Waals surface area contributed by atoms with Gasteiger partial charge < -0.3 is 21.5 Å². The Labute approximate surface area is 222 Å². The summed E-state index contributed by atoms with van der Waals surface area (Å²) in [5.41, 5.74) is 9.89. The normalized spacial score (nSPS) is 13.3. The smallest absolute Gasteiger partial charge is 0.475 e. The minimum Gasteiger partial charge on any atom is -0.475 e. The lowest BCUT2D eigenvalue weighted by Gasteiger charge is -2.20. The fourth-order valence-corrected chi connectivity index (χ4v) is 3.94. The maximum atomic E-state index is 13.2. The van der Waals surface area contributed by atoms with E-state index in [1.807, 2.05) is 30.3 Å². The lowest BCUT2D eigenvalue weighted by Crippen LogP contribution is -2.37. The van der Waals surface area contributed by atoms with E-state index in [4.69, 9.17) is 15.6 Å². The molecule has 39 heavy (non-hydrogen) atoms. The number of ketones is 1. The van der Waals surface area contributed by atoms with Crippen molar-refractivity contribution < 1.29 is 37.5 Å². The van der Waals surface area contributed by atoms with Gasteiger partial charge in [-0.05, 0) is 59.9 Å². The third kappa shape index (κ3) is 7.99. The number of nitrogens with two attached hydrogens (primary N) is 1. The first kappa shape index (κ1) is 29.1. The first-order valence-electron chi connectivity index (χ1n) is 11.9. The highest BCUT2D eigenvalue weighted by Crippen LogP contribution is 2.25. The van der Waals surface area contributed by atoms with Crippen LogP contribution in [0, 0.1) is 0 Å². The number of amides is 2. The van der Waals surface area contributed by atoms with Crippen molar-refractivity contribution in [1.82, 2.24) is 5.32 Å². The van der Waals surface area contributed by atoms with Crippen molar-refractivity contribution >= 4 is 29.3 Å². The van der Waals surface area contributed by atoms with E-state index < -0.39 is 18.2 Å². The number of carboxylic acids is 1. The Balaban J connectivity index is 0.000000532. The fourth-order valence-electron chi connectivity index (χ4n) is 3.94. The summed E-state index contributed by atoms with van der Waals surface area (Å²) in [6, 6.07) is 20.6. The first-order chi connectivity index (χ1) is 18.5. The number of hydrogen-bond donors (Lipinski definition) is 4. The highest BCUT2D eigenvalue weighted by atomic mass is 19.4. The Morgan fingerprint density at radius 1 is 0.949 bits per heavy atom. The minimum atomic E-state index is -5.08. The van der Waals surface area contributed by atoms with E-state index in [0.717, 1.165) is 29.5 Å². The molecule has 204 valence electrons. The van der Waals surface area contributed by atoms with E-state index in [1.165, 1.54) is 0 Å². The van der Waals surface area contributed by atoms with Crippen LogP contribution in [0.2, 0.25) is 0 Å². The van der Waals surface area contributed by atoms with Crippen LogP contribution in [-0.2, 0) is 22.6 Å². The highest BCUT2D eigenvalue weighted by Gasteiger charge is 2.38. The first-order valence-corrected chi connectivity index (χ1v) is 11.9. The van der Waals surface area contributed by atoms with Gasteiger partial charge in [-0.3, -0.25) is 14.4 Å². The Hall–Kier alpha value is -4.51. The van der Waals surface area contributed by atoms with Crippen LogP contribution < -0.4 is 16.4 Å². The molecule has 0 aliphatic heterocycles. The van der Waals surface area contributed by atoms with Gasteiger partial charge in [0.2, 0.25) is 0 Å². The van der Waals surface area contributed by atoms with Gasteiger partial charge in [-0.1, -0.05) is 42.5 Å². The minimum absolute atomic E-state index is 0.137. The molecule has 0 spiro atoms. The van der Waals surface area contributed by atoms with E-state index in [1.54, 1.807) is 42.5 Å². The molecule has 1 unspecified atom stereocenters. The summed E-state index contributed by atoms with van der Waals surface area (Å²) in [5.74, 6) is -3.34. The molecule has 11 heteroatoms. The number of rotatable bonds is 6. The molecule has 3 aromatic rings. The van der Waals surface area contributed by atoms with Crippen molar-refractivity contribution in [1.29, 1.82) is 0 Å². The van der Waals surface area contributed by atoms with E-state index in [0.29, 0.717) is 29.8 Å². The number of aliphatic carboxylic acids is 1. The Bertz CT molecular complexity index is 1360. The van der Waals surface area contributed by atoms with E-state index in [-0.39, 0.29) is 17.6 Å². The largest absolute Gasteiger partial charge is 0.490 e. The van der Waals surface area contributed by atoms with Crippen LogP contribution in [0.5, 0.6) is 0 Å². The zero-order valence-electron chi connectivity index (χ0n) is 20.6. The van der Waals surface area contributed by atoms with Crippen LogP contribution in [0.15, 0.2) is 72.8 Å². The van der Waals surface area contributed by atoms with Gasteiger partial charge in [0.1, 0.15) is 6.04 Å². The highest BCUT2D eigenvalue weighted by molar-refractivity contribution is 6.03. The zero-order valence-corrected chi connectivity index (χ0v) is 20.6. The summed E-state index contributed by atoms with van der Waals surface area (Å²) in [7, 11) is 0. The Kier molecular flexibility index (Phi) is 9.56. The molecule has 0 saturated carbocycles. The molecular formula is C28H26F3N3O5. The van der Waals surface area contributed by atoms with E-state index >= 15 is 0 Å². The summed E-state index contributed by atoms with van der Waals surface area (Å²) in [6.45, 7) is 0.324. The summed E-state index contributed by atoms with van der Waals surface area (Å²) in [4.78, 5) is 47.1. The second-order valence-corrected chi connectivity index (χ2v) is 8.66. The zero-order chi connectivity index (χ0) is 28.6. The molecule has 0 radical (unpaired) electrons. The maximum Gasteiger partial charge on any atom is 0.490 e. The fraction of sp³-hybridized carbons (Fsp3) is 0.214. The van der Waals surface area contributed by atoms with Gasteiger partial charge in [-0.2, -0.15) is 13.2 Å². The molecule has 3 aromatic carbocycles. The number of Topliss-reactive ketones (excluding diaryl/α,β-unsaturated/α-hetero) is 1. The van der Waals surface area contributed by atoms with Crippen molar-refractivity contribution in [2.45, 2.75) is 38.0 Å². The molecule has 0 aromatic heterocycles. The molecule has 0 bridgehead atoms. The summed E-state index contributed by atoms with van der Waals surface area (Å²) < 4.78 is 31.7. The van der Waals surface area contributed by atoms with Crippen molar-refractivity contribution in [2.75, 3.05) is 5.32 Å². The SMILES string of the molecule is NCc1cccc(C(=O)NC(C(=O)Nc2ccc3c(c2)CCCC3=O)c2ccccc2)c1.O=C(O)C(F)(F)F. The number of aryl methyl sites for hydroxylation is 1. The van der Waals surface area contributed by atoms with Crippen molar-refractivity contribution in [3.63, 3.8) is 0 Å². The average molecular weight is 542 g/mol. The third-order valence-electron chi connectivity index (χ3n) is 5.86. The summed E-state index contributed by atoms with van der Waals surface area (Å²) in [6.07, 6.45) is -2.90. The average Bonchev–Trinajstić information content (AvgIpc) is 2.92. The monoisotopic (exact) mass is 541 g/mol. The molecule has 1 aliphatic carbocycles. The van der Waals surface area contributed by atoms with Gasteiger partial charge in [-0.25, -0.2) is 4.79 Å². The number of anilines is 1. The maximum absolute atomic E-state index is 13.2. The number of benzene rings is 3. The van der Waals surface area contributed by atoms with Crippen LogP contribution in [-0.4, -0.2) is 34.8 Å². The molecule has 8 nitrogen and oxygen atoms in total. The molecule has 1 atom stereocenters. The number of alkyl halides is 3. The van der Waals surface area contributed by atoms with Crippen LogP contribution in [0.1, 0.15) is 56.3 Å². The van der Waals surface area contributed by atoms with Gasteiger partial charge in [0, 0.05) is 29.8 Å². The quantitative estimate of drug-likeness (QED) is 0.365. The molecule has 5 N–H and O–H groups in total. The number of nitrogens with one attached hydrogen (secondary N) is 2. The number of hydrogen-bond acceptors (Lipinski definition) is 5. The molecule has 0 heterocycles. The topological polar surface area (TPSA) is 139 Å². The van der Waals surface area contributed by atoms with Gasteiger partial charge >= 0.3 is 12.1 Å². The molecule has 1 aliphatic rings. The van der Waals surface area contributed by atoms with Crippen LogP contribution >= 0.6 is 0 Å². The lowest BCUT2D eigenvalue weighted by molar-refractivity contribution is -0.192. The molecular weight excluding hydrogens is 515 g/mol. The molecule has 4 rings (SSSR count). The predicted molar refractivity (Wildman–Crippen MR) is 137 cm³/mol. The Morgan fingerprint density at radius 2 is 1.64 bits per heavy atom. The third-order valence-corrected chi connectivity index (χ3v) is 5.86. The van der Waals surface area contributed by atoms with E-state index in [9.17, 15) is 27.6 Å². The van der Waals surface area contributed by atoms with Crippen molar-refractivity contribution in [3.05, 3.63) is 101 Å².